The lowest BCUT2D eigenvalue weighted by Crippen LogP contribution is -2.39. The Morgan fingerprint density at radius 1 is 1.43 bits per heavy atom. The van der Waals surface area contributed by atoms with E-state index in [4.69, 9.17) is 10.6 Å². The number of halogens is 3. The predicted octanol–water partition coefficient (Wildman–Crippen LogP) is 0.405. The Morgan fingerprint density at radius 3 is 2.76 bits per heavy atom. The van der Waals surface area contributed by atoms with Gasteiger partial charge in [0.2, 0.25) is 0 Å². The van der Waals surface area contributed by atoms with Crippen LogP contribution in [0.4, 0.5) is 13.2 Å². The molecule has 2 heterocycles. The number of nitrogens with one attached hydrogen (secondary N) is 1. The third-order valence-corrected chi connectivity index (χ3v) is 3.25. The van der Waals surface area contributed by atoms with Crippen LogP contribution in [-0.4, -0.2) is 22.7 Å². The van der Waals surface area contributed by atoms with Crippen molar-refractivity contribution in [2.45, 2.75) is 37.8 Å². The summed E-state index contributed by atoms with van der Waals surface area (Å²) in [7, 11) is 0. The van der Waals surface area contributed by atoms with Crippen LogP contribution in [0.5, 0.6) is 0 Å². The maximum Gasteiger partial charge on any atom is 0.417 e. The van der Waals surface area contributed by atoms with Crippen LogP contribution >= 0.6 is 0 Å². The first-order valence-electron chi connectivity index (χ1n) is 6.25. The fraction of sp³-hybridized carbons (Fsp3) is 0.500. The number of ether oxygens (including phenoxy) is 1. The molecule has 1 fully saturated rings. The molecule has 0 aromatic carbocycles. The van der Waals surface area contributed by atoms with Gasteiger partial charge in [0.15, 0.2) is 0 Å². The van der Waals surface area contributed by atoms with E-state index in [1.165, 1.54) is 0 Å². The molecule has 6 nitrogen and oxygen atoms in total. The fourth-order valence-electron chi connectivity index (χ4n) is 2.19. The summed E-state index contributed by atoms with van der Waals surface area (Å²) >= 11 is 0. The lowest BCUT2D eigenvalue weighted by Gasteiger charge is -2.15. The average Bonchev–Trinajstić information content (AvgIpc) is 2.87. The van der Waals surface area contributed by atoms with E-state index in [0.29, 0.717) is 12.8 Å². The highest BCUT2D eigenvalue weighted by Gasteiger charge is 2.33. The van der Waals surface area contributed by atoms with Gasteiger partial charge in [-0.15, -0.1) is 0 Å². The highest BCUT2D eigenvalue weighted by Crippen LogP contribution is 2.28. The number of alkyl halides is 3. The summed E-state index contributed by atoms with van der Waals surface area (Å²) in [4.78, 5) is 22.9. The smallest absolute Gasteiger partial charge is 0.363 e. The molecule has 0 spiro atoms. The summed E-state index contributed by atoms with van der Waals surface area (Å²) in [5, 5.41) is 0. The second kappa shape index (κ2) is 5.86. The number of carbonyl (C=O) groups is 1. The summed E-state index contributed by atoms with van der Waals surface area (Å²) in [6, 6.07) is 1.60. The zero-order chi connectivity index (χ0) is 15.6. The molecule has 0 saturated carbocycles. The molecule has 1 aromatic heterocycles. The Kier molecular flexibility index (Phi) is 4.33. The number of nitrogens with zero attached hydrogens (tertiary/aromatic N) is 1. The van der Waals surface area contributed by atoms with E-state index in [1.807, 2.05) is 5.43 Å². The third kappa shape index (κ3) is 3.61. The Bertz CT molecular complexity index is 585. The summed E-state index contributed by atoms with van der Waals surface area (Å²) in [6.07, 6.45) is -4.15. The van der Waals surface area contributed by atoms with Gasteiger partial charge in [-0.1, -0.05) is 0 Å². The third-order valence-electron chi connectivity index (χ3n) is 3.25. The molecule has 9 heteroatoms. The molecule has 116 valence electrons. The van der Waals surface area contributed by atoms with Gasteiger partial charge in [0, 0.05) is 12.3 Å². The van der Waals surface area contributed by atoms with Gasteiger partial charge >= 0.3 is 6.18 Å². The van der Waals surface area contributed by atoms with Gasteiger partial charge in [-0.2, -0.15) is 13.2 Å². The summed E-state index contributed by atoms with van der Waals surface area (Å²) in [5.74, 6) is 4.49. The number of carbonyl (C=O) groups excluding carboxylic acids is 1. The first-order valence-corrected chi connectivity index (χ1v) is 6.25. The van der Waals surface area contributed by atoms with Crippen LogP contribution in [0.3, 0.4) is 0 Å². The van der Waals surface area contributed by atoms with Crippen molar-refractivity contribution in [2.75, 3.05) is 0 Å². The maximum absolute atomic E-state index is 12.6. The van der Waals surface area contributed by atoms with E-state index in [0.717, 1.165) is 22.9 Å². The highest BCUT2D eigenvalue weighted by molar-refractivity contribution is 5.80. The van der Waals surface area contributed by atoms with Gasteiger partial charge in [-0.3, -0.25) is 15.0 Å². The number of aromatic nitrogens is 1. The average molecular weight is 305 g/mol. The van der Waals surface area contributed by atoms with Gasteiger partial charge in [0.25, 0.3) is 11.5 Å². The molecule has 0 aliphatic carbocycles. The maximum atomic E-state index is 12.6. The van der Waals surface area contributed by atoms with Crippen molar-refractivity contribution in [3.05, 3.63) is 34.2 Å². The van der Waals surface area contributed by atoms with E-state index in [9.17, 15) is 22.8 Å². The molecular formula is C12H14F3N3O3. The number of hydrogen-bond donors (Lipinski definition) is 2. The van der Waals surface area contributed by atoms with Gasteiger partial charge < -0.3 is 9.30 Å². The van der Waals surface area contributed by atoms with Crippen molar-refractivity contribution in [3.8, 4) is 0 Å². The molecule has 0 bridgehead atoms. The molecular weight excluding hydrogens is 291 g/mol. The van der Waals surface area contributed by atoms with Crippen LogP contribution in [0.2, 0.25) is 0 Å². The van der Waals surface area contributed by atoms with Crippen LogP contribution in [-0.2, 0) is 22.3 Å². The standard InChI is InChI=1S/C12H14F3N3O3/c13-12(14,15)7-1-4-10(19)18(5-7)6-8-2-3-9(21-8)11(20)17-16/h1,4-5,8-9H,2-3,6,16H2,(H,17,20). The number of amides is 1. The van der Waals surface area contributed by atoms with E-state index in [2.05, 4.69) is 0 Å². The largest absolute Gasteiger partial charge is 0.417 e. The SMILES string of the molecule is NNC(=O)C1CCC(Cn2cc(C(F)(F)F)ccc2=O)O1. The first kappa shape index (κ1) is 15.5. The normalized spacial score (nSPS) is 22.3. The minimum absolute atomic E-state index is 0.0445. The van der Waals surface area contributed by atoms with Crippen molar-refractivity contribution < 1.29 is 22.7 Å². The predicted molar refractivity (Wildman–Crippen MR) is 65.9 cm³/mol. The van der Waals surface area contributed by atoms with Crippen molar-refractivity contribution in [1.82, 2.24) is 9.99 Å². The van der Waals surface area contributed by atoms with E-state index >= 15 is 0 Å². The lowest BCUT2D eigenvalue weighted by atomic mass is 10.2. The van der Waals surface area contributed by atoms with E-state index in [-0.39, 0.29) is 6.54 Å². The van der Waals surface area contributed by atoms with Crippen LogP contribution in [0.25, 0.3) is 0 Å². The minimum atomic E-state index is -4.52. The molecule has 2 atom stereocenters. The van der Waals surface area contributed by atoms with E-state index in [1.54, 1.807) is 0 Å². The Morgan fingerprint density at radius 2 is 2.14 bits per heavy atom. The Hall–Kier alpha value is -1.87. The monoisotopic (exact) mass is 305 g/mol. The van der Waals surface area contributed by atoms with Gasteiger partial charge in [0.1, 0.15) is 6.10 Å². The second-order valence-electron chi connectivity index (χ2n) is 4.74. The minimum Gasteiger partial charge on any atom is -0.363 e. The molecule has 1 saturated heterocycles. The molecule has 1 aliphatic heterocycles. The second-order valence-corrected chi connectivity index (χ2v) is 4.74. The van der Waals surface area contributed by atoms with E-state index < -0.39 is 35.4 Å². The van der Waals surface area contributed by atoms with Gasteiger partial charge in [0.05, 0.1) is 18.2 Å². The van der Waals surface area contributed by atoms with Crippen LogP contribution < -0.4 is 16.8 Å². The Labute approximate surface area is 117 Å². The number of rotatable bonds is 3. The molecule has 0 radical (unpaired) electrons. The summed E-state index contributed by atoms with van der Waals surface area (Å²) < 4.78 is 44.1. The summed E-state index contributed by atoms with van der Waals surface area (Å²) in [6.45, 7) is -0.0445. The fourth-order valence-corrected chi connectivity index (χ4v) is 2.19. The van der Waals surface area contributed by atoms with Crippen molar-refractivity contribution in [2.24, 2.45) is 5.84 Å². The quantitative estimate of drug-likeness (QED) is 0.481. The van der Waals surface area contributed by atoms with Crippen LogP contribution in [0.1, 0.15) is 18.4 Å². The number of nitrogens with two attached hydrogens (primary N) is 1. The van der Waals surface area contributed by atoms with Crippen molar-refractivity contribution in [3.63, 3.8) is 0 Å². The number of pyridine rings is 1. The zero-order valence-corrected chi connectivity index (χ0v) is 10.9. The summed E-state index contributed by atoms with van der Waals surface area (Å²) in [5.41, 5.74) is 0.487. The van der Waals surface area contributed by atoms with Crippen molar-refractivity contribution in [1.29, 1.82) is 0 Å². The molecule has 1 aromatic rings. The first-order chi connectivity index (χ1) is 9.81. The van der Waals surface area contributed by atoms with Crippen LogP contribution in [0, 0.1) is 0 Å². The highest BCUT2D eigenvalue weighted by atomic mass is 19.4. The molecule has 1 aliphatic rings. The molecule has 3 N–H and O–H groups in total. The lowest BCUT2D eigenvalue weighted by molar-refractivity contribution is -0.138. The number of hydrazine groups is 1. The molecule has 1 amide bonds. The molecule has 21 heavy (non-hydrogen) atoms. The molecule has 2 rings (SSSR count). The topological polar surface area (TPSA) is 86.4 Å². The molecule has 2 unspecified atom stereocenters. The van der Waals surface area contributed by atoms with Gasteiger partial charge in [-0.05, 0) is 18.9 Å². The van der Waals surface area contributed by atoms with Gasteiger partial charge in [-0.25, -0.2) is 5.84 Å². The Balaban J connectivity index is 2.10. The van der Waals surface area contributed by atoms with Crippen molar-refractivity contribution >= 4 is 5.91 Å². The number of hydrogen-bond acceptors (Lipinski definition) is 4. The van der Waals surface area contributed by atoms with Crippen LogP contribution in [0.15, 0.2) is 23.1 Å². The zero-order valence-electron chi connectivity index (χ0n) is 10.9.